The summed E-state index contributed by atoms with van der Waals surface area (Å²) in [5.74, 6) is 3.19. The molecule has 0 aromatic rings. The van der Waals surface area contributed by atoms with Crippen LogP contribution in [0.5, 0.6) is 0 Å². The molecule has 5 unspecified atom stereocenters. The Morgan fingerprint density at radius 3 is 2.61 bits per heavy atom. The summed E-state index contributed by atoms with van der Waals surface area (Å²) in [5.41, 5.74) is 0. The Kier molecular flexibility index (Phi) is 3.45. The van der Waals surface area contributed by atoms with Gasteiger partial charge in [-0.1, -0.05) is 38.2 Å². The molecule has 0 amide bonds. The lowest BCUT2D eigenvalue weighted by Crippen LogP contribution is -2.34. The maximum Gasteiger partial charge on any atom is 0.330 e. The molecule has 5 atom stereocenters. The molecule has 0 N–H and O–H groups in total. The monoisotopic (exact) mass is 248 g/mol. The first-order chi connectivity index (χ1) is 8.79. The molecule has 3 rings (SSSR count). The maximum atomic E-state index is 11.7. The van der Waals surface area contributed by atoms with Gasteiger partial charge in [-0.2, -0.15) is 0 Å². The number of esters is 1. The Hall–Kier alpha value is -0.790. The normalized spacial score (nSPS) is 42.8. The molecule has 0 aromatic carbocycles. The van der Waals surface area contributed by atoms with E-state index in [2.05, 4.69) is 0 Å². The smallest absolute Gasteiger partial charge is 0.330 e. The van der Waals surface area contributed by atoms with E-state index in [4.69, 9.17) is 4.74 Å². The summed E-state index contributed by atoms with van der Waals surface area (Å²) in [6, 6.07) is 0. The zero-order chi connectivity index (χ0) is 12.5. The van der Waals surface area contributed by atoms with Gasteiger partial charge in [-0.25, -0.2) is 4.79 Å². The molecular formula is C16H24O2. The van der Waals surface area contributed by atoms with E-state index < -0.39 is 0 Å². The topological polar surface area (TPSA) is 26.3 Å². The van der Waals surface area contributed by atoms with Crippen molar-refractivity contribution in [2.24, 2.45) is 23.7 Å². The molecule has 0 radical (unpaired) electrons. The van der Waals surface area contributed by atoms with Crippen molar-refractivity contribution in [1.82, 2.24) is 0 Å². The van der Waals surface area contributed by atoms with Gasteiger partial charge in [0.25, 0.3) is 0 Å². The van der Waals surface area contributed by atoms with Crippen LogP contribution in [-0.2, 0) is 9.53 Å². The fourth-order valence-electron chi connectivity index (χ4n) is 4.90. The van der Waals surface area contributed by atoms with Gasteiger partial charge in [0.05, 0.1) is 0 Å². The molecule has 0 bridgehead atoms. The van der Waals surface area contributed by atoms with E-state index in [-0.39, 0.29) is 12.1 Å². The quantitative estimate of drug-likeness (QED) is 0.550. The molecule has 3 fully saturated rings. The second-order valence-corrected chi connectivity index (χ2v) is 6.33. The van der Waals surface area contributed by atoms with Crippen LogP contribution in [0.1, 0.15) is 51.9 Å². The summed E-state index contributed by atoms with van der Waals surface area (Å²) in [6.07, 6.45) is 12.9. The molecule has 0 aromatic heterocycles. The zero-order valence-corrected chi connectivity index (χ0v) is 11.3. The lowest BCUT2D eigenvalue weighted by atomic mass is 9.65. The van der Waals surface area contributed by atoms with E-state index in [1.807, 2.05) is 6.92 Å². The number of carbonyl (C=O) groups is 1. The third-order valence-electron chi connectivity index (χ3n) is 5.43. The van der Waals surface area contributed by atoms with Crippen LogP contribution in [0, 0.1) is 23.7 Å². The zero-order valence-electron chi connectivity index (χ0n) is 11.3. The Bertz CT molecular complexity index is 345. The molecule has 0 spiro atoms. The highest BCUT2D eigenvalue weighted by molar-refractivity contribution is 5.81. The van der Waals surface area contributed by atoms with Gasteiger partial charge in [0.2, 0.25) is 0 Å². The van der Waals surface area contributed by atoms with Gasteiger partial charge in [-0.3, -0.25) is 0 Å². The predicted molar refractivity (Wildman–Crippen MR) is 71.0 cm³/mol. The minimum atomic E-state index is -0.136. The minimum absolute atomic E-state index is 0.136. The number of allylic oxidation sites excluding steroid dienone is 1. The van der Waals surface area contributed by atoms with Crippen LogP contribution in [0.2, 0.25) is 0 Å². The van der Waals surface area contributed by atoms with E-state index in [1.54, 1.807) is 12.2 Å². The van der Waals surface area contributed by atoms with Crippen molar-refractivity contribution in [3.8, 4) is 0 Å². The summed E-state index contributed by atoms with van der Waals surface area (Å²) >= 11 is 0. The van der Waals surface area contributed by atoms with Crippen LogP contribution in [-0.4, -0.2) is 12.1 Å². The fourth-order valence-corrected chi connectivity index (χ4v) is 4.90. The van der Waals surface area contributed by atoms with Gasteiger partial charge in [0, 0.05) is 6.08 Å². The third-order valence-corrected chi connectivity index (χ3v) is 5.43. The van der Waals surface area contributed by atoms with Crippen molar-refractivity contribution in [2.75, 3.05) is 0 Å². The van der Waals surface area contributed by atoms with E-state index in [0.29, 0.717) is 5.92 Å². The Morgan fingerprint density at radius 2 is 1.83 bits per heavy atom. The van der Waals surface area contributed by atoms with Crippen LogP contribution in [0.3, 0.4) is 0 Å². The van der Waals surface area contributed by atoms with Gasteiger partial charge in [0.1, 0.15) is 6.10 Å². The summed E-state index contributed by atoms with van der Waals surface area (Å²) in [6.45, 7) is 1.87. The van der Waals surface area contributed by atoms with Gasteiger partial charge < -0.3 is 4.74 Å². The molecule has 18 heavy (non-hydrogen) atoms. The van der Waals surface area contributed by atoms with Gasteiger partial charge in [-0.15, -0.1) is 0 Å². The van der Waals surface area contributed by atoms with Gasteiger partial charge in [0.15, 0.2) is 0 Å². The number of ether oxygens (including phenoxy) is 1. The second-order valence-electron chi connectivity index (χ2n) is 6.33. The molecule has 3 aliphatic rings. The lowest BCUT2D eigenvalue weighted by molar-refractivity contribution is -0.145. The molecule has 2 nitrogen and oxygen atoms in total. The summed E-state index contributed by atoms with van der Waals surface area (Å²) in [5, 5.41) is 0. The first kappa shape index (κ1) is 12.3. The molecule has 2 heteroatoms. The highest BCUT2D eigenvalue weighted by Gasteiger charge is 2.50. The van der Waals surface area contributed by atoms with Gasteiger partial charge in [-0.05, 0) is 43.4 Å². The van der Waals surface area contributed by atoms with Crippen LogP contribution in [0.4, 0.5) is 0 Å². The fraction of sp³-hybridized carbons (Fsp3) is 0.812. The number of hydrogen-bond acceptors (Lipinski definition) is 2. The second kappa shape index (κ2) is 5.07. The highest BCUT2D eigenvalue weighted by atomic mass is 16.5. The first-order valence-corrected chi connectivity index (χ1v) is 7.63. The maximum absolute atomic E-state index is 11.7. The Labute approximate surface area is 110 Å². The molecule has 0 heterocycles. The molecular weight excluding hydrogens is 224 g/mol. The van der Waals surface area contributed by atoms with Crippen molar-refractivity contribution in [3.05, 3.63) is 12.2 Å². The standard InChI is InChI=1S/C16H24O2/c1-2-5-15(17)18-14-10-12-8-3-6-11-7-4-9-13(14)16(11)12/h2,5,11-14,16H,3-4,6-10H2,1H3. The first-order valence-electron chi connectivity index (χ1n) is 7.63. The number of rotatable bonds is 2. The van der Waals surface area contributed by atoms with E-state index >= 15 is 0 Å². The lowest BCUT2D eigenvalue weighted by Gasteiger charge is -2.41. The average molecular weight is 248 g/mol. The SMILES string of the molecule is CC=CC(=O)OC1CC2CCCC3CCCC1C32. The van der Waals surface area contributed by atoms with E-state index in [0.717, 1.165) is 24.2 Å². The predicted octanol–water partition coefficient (Wildman–Crippen LogP) is 3.71. The molecule has 0 aliphatic heterocycles. The molecule has 3 saturated carbocycles. The molecule has 100 valence electrons. The van der Waals surface area contributed by atoms with E-state index in [1.165, 1.54) is 38.5 Å². The number of hydrogen-bond donors (Lipinski definition) is 0. The summed E-state index contributed by atoms with van der Waals surface area (Å²) < 4.78 is 5.70. The average Bonchev–Trinajstić information content (AvgIpc) is 2.71. The number of carbonyl (C=O) groups excluding carboxylic acids is 1. The molecule has 3 aliphatic carbocycles. The highest BCUT2D eigenvalue weighted by Crippen LogP contribution is 2.55. The largest absolute Gasteiger partial charge is 0.459 e. The Balaban J connectivity index is 1.72. The minimum Gasteiger partial charge on any atom is -0.459 e. The van der Waals surface area contributed by atoms with E-state index in [9.17, 15) is 4.79 Å². The van der Waals surface area contributed by atoms with Crippen LogP contribution < -0.4 is 0 Å². The van der Waals surface area contributed by atoms with Crippen molar-refractivity contribution in [2.45, 2.75) is 58.0 Å². The Morgan fingerprint density at radius 1 is 1.11 bits per heavy atom. The van der Waals surface area contributed by atoms with Crippen molar-refractivity contribution in [3.63, 3.8) is 0 Å². The van der Waals surface area contributed by atoms with Crippen molar-refractivity contribution in [1.29, 1.82) is 0 Å². The van der Waals surface area contributed by atoms with Crippen molar-refractivity contribution < 1.29 is 9.53 Å². The third kappa shape index (κ3) is 2.10. The van der Waals surface area contributed by atoms with Gasteiger partial charge >= 0.3 is 5.97 Å². The van der Waals surface area contributed by atoms with Crippen LogP contribution in [0.25, 0.3) is 0 Å². The summed E-state index contributed by atoms with van der Waals surface area (Å²) in [4.78, 5) is 11.7. The molecule has 0 saturated heterocycles. The summed E-state index contributed by atoms with van der Waals surface area (Å²) in [7, 11) is 0. The van der Waals surface area contributed by atoms with Crippen LogP contribution in [0.15, 0.2) is 12.2 Å². The van der Waals surface area contributed by atoms with Crippen LogP contribution >= 0.6 is 0 Å². The van der Waals surface area contributed by atoms with Crippen molar-refractivity contribution >= 4 is 5.97 Å².